The van der Waals surface area contributed by atoms with Crippen LogP contribution >= 0.6 is 24.8 Å². The molecule has 2 nitrogen and oxygen atoms in total. The number of rotatable bonds is 2. The van der Waals surface area contributed by atoms with Gasteiger partial charge in [0.05, 0.1) is 0 Å². The Morgan fingerprint density at radius 3 is 1.95 bits per heavy atom. The zero-order chi connectivity index (χ0) is 13.1. The van der Waals surface area contributed by atoms with Crippen LogP contribution in [0.25, 0.3) is 0 Å². The van der Waals surface area contributed by atoms with Crippen molar-refractivity contribution in [3.05, 3.63) is 35.9 Å². The van der Waals surface area contributed by atoms with Gasteiger partial charge in [-0.1, -0.05) is 30.3 Å². The normalized spacial score (nSPS) is 22.3. The minimum absolute atomic E-state index is 0. The van der Waals surface area contributed by atoms with Crippen LogP contribution in [0.3, 0.4) is 0 Å². The molecule has 0 radical (unpaired) electrons. The van der Waals surface area contributed by atoms with Gasteiger partial charge in [0.2, 0.25) is 0 Å². The lowest BCUT2D eigenvalue weighted by molar-refractivity contribution is 0.0401. The lowest BCUT2D eigenvalue weighted by atomic mass is 9.71. The third kappa shape index (κ3) is 4.85. The molecule has 0 aliphatic carbocycles. The van der Waals surface area contributed by atoms with Crippen molar-refractivity contribution in [3.63, 3.8) is 0 Å². The average Bonchev–Trinajstić information content (AvgIpc) is 2.46. The molecule has 0 bridgehead atoms. The number of nitrogens with zero attached hydrogens (tertiary/aromatic N) is 2. The van der Waals surface area contributed by atoms with Crippen LogP contribution in [0.4, 0.5) is 0 Å². The molecule has 2 aliphatic heterocycles. The number of halogens is 2. The van der Waals surface area contributed by atoms with Crippen molar-refractivity contribution < 1.29 is 0 Å². The van der Waals surface area contributed by atoms with Gasteiger partial charge in [0.25, 0.3) is 0 Å². The minimum Gasteiger partial charge on any atom is -0.306 e. The fourth-order valence-corrected chi connectivity index (χ4v) is 3.62. The van der Waals surface area contributed by atoms with E-state index in [1.165, 1.54) is 57.4 Å². The van der Waals surface area contributed by atoms with Gasteiger partial charge in [0, 0.05) is 6.54 Å². The number of benzene rings is 1. The van der Waals surface area contributed by atoms with Gasteiger partial charge in [0.1, 0.15) is 0 Å². The van der Waals surface area contributed by atoms with Gasteiger partial charge in [0.15, 0.2) is 0 Å². The van der Waals surface area contributed by atoms with Gasteiger partial charge in [-0.2, -0.15) is 0 Å². The Hall–Kier alpha value is -0.280. The summed E-state index contributed by atoms with van der Waals surface area (Å²) in [5.41, 5.74) is 2.14. The Morgan fingerprint density at radius 2 is 1.38 bits per heavy atom. The van der Waals surface area contributed by atoms with Crippen LogP contribution in [0.2, 0.25) is 0 Å². The molecule has 0 N–H and O–H groups in total. The average molecular weight is 331 g/mol. The Bertz CT molecular complexity index is 393. The SMILES string of the molecule is CN1CCC2(CC1)CCN(Cc1ccccc1)CC2.Cl.Cl. The number of likely N-dealkylation sites (tertiary alicyclic amines) is 2. The highest BCUT2D eigenvalue weighted by Gasteiger charge is 2.36. The highest BCUT2D eigenvalue weighted by Crippen LogP contribution is 2.41. The second-order valence-electron chi connectivity index (χ2n) is 6.57. The molecule has 2 aliphatic rings. The molecule has 0 atom stereocenters. The van der Waals surface area contributed by atoms with E-state index in [2.05, 4.69) is 47.2 Å². The molecule has 2 heterocycles. The minimum atomic E-state index is 0. The summed E-state index contributed by atoms with van der Waals surface area (Å²) in [7, 11) is 2.26. The first-order valence-electron chi connectivity index (χ1n) is 7.71. The Balaban J connectivity index is 0.00000110. The fourth-order valence-electron chi connectivity index (χ4n) is 3.62. The van der Waals surface area contributed by atoms with Gasteiger partial charge in [-0.25, -0.2) is 0 Å². The maximum absolute atomic E-state index is 2.64. The fraction of sp³-hybridized carbons (Fsp3) is 0.647. The Morgan fingerprint density at radius 1 is 0.857 bits per heavy atom. The first-order chi connectivity index (χ1) is 9.26. The second kappa shape index (κ2) is 8.38. The Kier molecular flexibility index (Phi) is 7.49. The second-order valence-corrected chi connectivity index (χ2v) is 6.57. The smallest absolute Gasteiger partial charge is 0.0233 e. The lowest BCUT2D eigenvalue weighted by Crippen LogP contribution is -2.45. The van der Waals surface area contributed by atoms with E-state index < -0.39 is 0 Å². The molecule has 1 aromatic rings. The van der Waals surface area contributed by atoms with Gasteiger partial charge in [-0.15, -0.1) is 24.8 Å². The van der Waals surface area contributed by atoms with Crippen molar-refractivity contribution in [2.45, 2.75) is 32.2 Å². The third-order valence-corrected chi connectivity index (χ3v) is 5.21. The number of hydrogen-bond donors (Lipinski definition) is 0. The van der Waals surface area contributed by atoms with Gasteiger partial charge in [-0.3, -0.25) is 4.90 Å². The highest BCUT2D eigenvalue weighted by atomic mass is 35.5. The number of piperidine rings is 2. The molecule has 1 spiro atoms. The monoisotopic (exact) mass is 330 g/mol. The van der Waals surface area contributed by atoms with Crippen LogP contribution in [0, 0.1) is 5.41 Å². The van der Waals surface area contributed by atoms with Crippen molar-refractivity contribution in [1.82, 2.24) is 9.80 Å². The standard InChI is InChI=1S/C17H26N2.2ClH/c1-18-11-7-17(8-12-18)9-13-19(14-10-17)15-16-5-3-2-4-6-16;;/h2-6H,7-15H2,1H3;2*1H. The molecular formula is C17H28Cl2N2. The summed E-state index contributed by atoms with van der Waals surface area (Å²) in [6, 6.07) is 10.9. The summed E-state index contributed by atoms with van der Waals surface area (Å²) < 4.78 is 0. The summed E-state index contributed by atoms with van der Waals surface area (Å²) in [4.78, 5) is 5.13. The van der Waals surface area contributed by atoms with E-state index in [0.29, 0.717) is 5.41 Å². The molecule has 120 valence electrons. The van der Waals surface area contributed by atoms with Crippen LogP contribution < -0.4 is 0 Å². The topological polar surface area (TPSA) is 6.48 Å². The molecule has 0 aromatic heterocycles. The van der Waals surface area contributed by atoms with Gasteiger partial charge >= 0.3 is 0 Å². The molecular weight excluding hydrogens is 303 g/mol. The van der Waals surface area contributed by atoms with E-state index in [4.69, 9.17) is 0 Å². The van der Waals surface area contributed by atoms with Crippen molar-refractivity contribution in [2.75, 3.05) is 33.2 Å². The van der Waals surface area contributed by atoms with Crippen molar-refractivity contribution in [2.24, 2.45) is 5.41 Å². The molecule has 4 heteroatoms. The molecule has 2 saturated heterocycles. The van der Waals surface area contributed by atoms with Gasteiger partial charge in [-0.05, 0) is 69.9 Å². The third-order valence-electron chi connectivity index (χ3n) is 5.21. The molecule has 3 rings (SSSR count). The first kappa shape index (κ1) is 18.8. The van der Waals surface area contributed by atoms with Crippen LogP contribution in [0.15, 0.2) is 30.3 Å². The summed E-state index contributed by atoms with van der Waals surface area (Å²) in [5, 5.41) is 0. The van der Waals surface area contributed by atoms with E-state index >= 15 is 0 Å². The van der Waals surface area contributed by atoms with E-state index in [0.717, 1.165) is 6.54 Å². The molecule has 0 unspecified atom stereocenters. The predicted octanol–water partition coefficient (Wildman–Crippen LogP) is 3.84. The molecule has 21 heavy (non-hydrogen) atoms. The molecule has 0 saturated carbocycles. The predicted molar refractivity (Wildman–Crippen MR) is 94.6 cm³/mol. The van der Waals surface area contributed by atoms with Crippen LogP contribution in [-0.4, -0.2) is 43.0 Å². The highest BCUT2D eigenvalue weighted by molar-refractivity contribution is 5.85. The van der Waals surface area contributed by atoms with Crippen LogP contribution in [0.5, 0.6) is 0 Å². The summed E-state index contributed by atoms with van der Waals surface area (Å²) >= 11 is 0. The lowest BCUT2D eigenvalue weighted by Gasteiger charge is -2.46. The van der Waals surface area contributed by atoms with Gasteiger partial charge < -0.3 is 4.90 Å². The van der Waals surface area contributed by atoms with Crippen molar-refractivity contribution in [3.8, 4) is 0 Å². The van der Waals surface area contributed by atoms with E-state index in [-0.39, 0.29) is 24.8 Å². The first-order valence-corrected chi connectivity index (χ1v) is 7.71. The largest absolute Gasteiger partial charge is 0.306 e. The Labute approximate surface area is 141 Å². The van der Waals surface area contributed by atoms with Crippen LogP contribution in [0.1, 0.15) is 31.2 Å². The molecule has 1 aromatic carbocycles. The van der Waals surface area contributed by atoms with Crippen LogP contribution in [-0.2, 0) is 6.54 Å². The van der Waals surface area contributed by atoms with E-state index in [9.17, 15) is 0 Å². The molecule has 2 fully saturated rings. The summed E-state index contributed by atoms with van der Waals surface area (Å²) in [6.45, 7) is 6.32. The zero-order valence-electron chi connectivity index (χ0n) is 13.0. The van der Waals surface area contributed by atoms with E-state index in [1.54, 1.807) is 0 Å². The maximum Gasteiger partial charge on any atom is 0.0233 e. The summed E-state index contributed by atoms with van der Waals surface area (Å²) in [5.74, 6) is 0. The zero-order valence-corrected chi connectivity index (χ0v) is 14.6. The number of hydrogen-bond acceptors (Lipinski definition) is 2. The van der Waals surface area contributed by atoms with Crippen molar-refractivity contribution >= 4 is 24.8 Å². The maximum atomic E-state index is 2.64. The molecule has 0 amide bonds. The quantitative estimate of drug-likeness (QED) is 0.812. The van der Waals surface area contributed by atoms with E-state index in [1.807, 2.05) is 0 Å². The van der Waals surface area contributed by atoms with Crippen molar-refractivity contribution in [1.29, 1.82) is 0 Å². The summed E-state index contributed by atoms with van der Waals surface area (Å²) in [6.07, 6.45) is 5.66.